The van der Waals surface area contributed by atoms with E-state index in [0.717, 1.165) is 12.8 Å². The molecule has 0 spiro atoms. The van der Waals surface area contributed by atoms with E-state index in [1.165, 1.54) is 0 Å². The normalized spacial score (nSPS) is 28.6. The number of likely N-dealkylation sites (N-methyl/N-ethyl adjacent to an activating group) is 1. The Labute approximate surface area is 109 Å². The Bertz CT molecular complexity index is 288. The van der Waals surface area contributed by atoms with E-state index >= 15 is 0 Å². The van der Waals surface area contributed by atoms with Gasteiger partial charge >= 0.3 is 0 Å². The number of hydrogen-bond acceptors (Lipinski definition) is 4. The van der Waals surface area contributed by atoms with Crippen molar-refractivity contribution in [3.8, 4) is 0 Å². The summed E-state index contributed by atoms with van der Waals surface area (Å²) in [6, 6.07) is 0. The van der Waals surface area contributed by atoms with Crippen LogP contribution < -0.4 is 11.1 Å². The molecule has 106 valence electrons. The molecule has 18 heavy (non-hydrogen) atoms. The molecule has 1 aliphatic rings. The summed E-state index contributed by atoms with van der Waals surface area (Å²) in [6.07, 6.45) is 2.34. The third-order valence-corrected chi connectivity index (χ3v) is 3.39. The van der Waals surface area contributed by atoms with Crippen LogP contribution in [0.3, 0.4) is 0 Å². The van der Waals surface area contributed by atoms with Crippen molar-refractivity contribution in [2.75, 3.05) is 20.3 Å². The molecule has 0 saturated heterocycles. The van der Waals surface area contributed by atoms with E-state index in [2.05, 4.69) is 5.32 Å². The van der Waals surface area contributed by atoms with Gasteiger partial charge in [0.1, 0.15) is 0 Å². The third-order valence-electron chi connectivity index (χ3n) is 3.39. The maximum atomic E-state index is 11.4. The highest BCUT2D eigenvalue weighted by molar-refractivity contribution is 5.85. The lowest BCUT2D eigenvalue weighted by Gasteiger charge is -2.25. The molecule has 1 amide bonds. The summed E-state index contributed by atoms with van der Waals surface area (Å²) in [5.41, 5.74) is 4.71. The van der Waals surface area contributed by atoms with E-state index in [1.54, 1.807) is 7.05 Å². The number of carbonyl (C=O) groups is 1. The molecule has 0 aliphatic heterocycles. The molecule has 1 saturated carbocycles. The topological polar surface area (TPSA) is 73.6 Å². The first kappa shape index (κ1) is 15.4. The van der Waals surface area contributed by atoms with E-state index in [9.17, 15) is 4.79 Å². The van der Waals surface area contributed by atoms with Crippen LogP contribution in [0.25, 0.3) is 0 Å². The Kier molecular flexibility index (Phi) is 5.13. The molecular formula is C13H26N2O3. The summed E-state index contributed by atoms with van der Waals surface area (Å²) in [7, 11) is 1.77. The highest BCUT2D eigenvalue weighted by Gasteiger charge is 2.43. The predicted molar refractivity (Wildman–Crippen MR) is 70.3 cm³/mol. The van der Waals surface area contributed by atoms with Gasteiger partial charge in [-0.3, -0.25) is 4.79 Å². The van der Waals surface area contributed by atoms with E-state index < -0.39 is 5.54 Å². The molecule has 1 rings (SSSR count). The zero-order chi connectivity index (χ0) is 13.8. The summed E-state index contributed by atoms with van der Waals surface area (Å²) in [5, 5.41) is 3.04. The van der Waals surface area contributed by atoms with Gasteiger partial charge < -0.3 is 20.5 Å². The first-order valence-corrected chi connectivity index (χ1v) is 6.53. The largest absolute Gasteiger partial charge is 0.376 e. The molecule has 1 fully saturated rings. The number of amides is 1. The number of hydrogen-bond donors (Lipinski definition) is 2. The van der Waals surface area contributed by atoms with Crippen molar-refractivity contribution in [1.29, 1.82) is 0 Å². The Morgan fingerprint density at radius 3 is 2.56 bits per heavy atom. The number of nitrogens with one attached hydrogen (secondary N) is 1. The maximum absolute atomic E-state index is 11.4. The van der Waals surface area contributed by atoms with Gasteiger partial charge in [-0.25, -0.2) is 0 Å². The molecular weight excluding hydrogens is 232 g/mol. The minimum atomic E-state index is -0.588. The minimum Gasteiger partial charge on any atom is -0.376 e. The van der Waals surface area contributed by atoms with Gasteiger partial charge in [-0.1, -0.05) is 0 Å². The highest BCUT2D eigenvalue weighted by Crippen LogP contribution is 2.31. The first-order chi connectivity index (χ1) is 8.29. The van der Waals surface area contributed by atoms with Crippen LogP contribution in [-0.4, -0.2) is 43.4 Å². The van der Waals surface area contributed by atoms with E-state index in [1.807, 2.05) is 20.8 Å². The van der Waals surface area contributed by atoms with Crippen molar-refractivity contribution in [2.24, 2.45) is 5.73 Å². The zero-order valence-corrected chi connectivity index (χ0v) is 11.9. The molecule has 0 bridgehead atoms. The van der Waals surface area contributed by atoms with Crippen LogP contribution in [0.4, 0.5) is 0 Å². The molecule has 0 aromatic carbocycles. The number of rotatable bonds is 6. The molecule has 0 aromatic heterocycles. The fraction of sp³-hybridized carbons (Fsp3) is 0.923. The Morgan fingerprint density at radius 1 is 1.44 bits per heavy atom. The molecule has 0 heterocycles. The molecule has 2 atom stereocenters. The van der Waals surface area contributed by atoms with Gasteiger partial charge in [0.05, 0.1) is 30.5 Å². The SMILES string of the molecule is CNC1(C(N)=O)CCC(OCCOC(C)(C)C)C1. The maximum Gasteiger partial charge on any atom is 0.237 e. The monoisotopic (exact) mass is 258 g/mol. The van der Waals surface area contributed by atoms with Crippen molar-refractivity contribution >= 4 is 5.91 Å². The molecule has 2 unspecified atom stereocenters. The van der Waals surface area contributed by atoms with Crippen LogP contribution in [0, 0.1) is 0 Å². The molecule has 0 aromatic rings. The van der Waals surface area contributed by atoms with E-state index in [4.69, 9.17) is 15.2 Å². The third kappa shape index (κ3) is 4.23. The van der Waals surface area contributed by atoms with Gasteiger partial charge in [0.2, 0.25) is 5.91 Å². The van der Waals surface area contributed by atoms with Crippen LogP contribution in [0.5, 0.6) is 0 Å². The van der Waals surface area contributed by atoms with E-state index in [0.29, 0.717) is 19.6 Å². The van der Waals surface area contributed by atoms with Crippen LogP contribution in [0.2, 0.25) is 0 Å². The second-order valence-corrected chi connectivity index (χ2v) is 5.89. The lowest BCUT2D eigenvalue weighted by atomic mass is 9.97. The average molecular weight is 258 g/mol. The summed E-state index contributed by atoms with van der Waals surface area (Å²) >= 11 is 0. The van der Waals surface area contributed by atoms with Crippen molar-refractivity contribution in [3.05, 3.63) is 0 Å². The van der Waals surface area contributed by atoms with Crippen LogP contribution in [0.1, 0.15) is 40.0 Å². The second kappa shape index (κ2) is 5.99. The quantitative estimate of drug-likeness (QED) is 0.692. The van der Waals surface area contributed by atoms with Crippen molar-refractivity contribution in [2.45, 2.75) is 57.3 Å². The minimum absolute atomic E-state index is 0.0912. The smallest absolute Gasteiger partial charge is 0.237 e. The average Bonchev–Trinajstić information content (AvgIpc) is 2.68. The number of ether oxygens (including phenoxy) is 2. The Balaban J connectivity index is 2.28. The van der Waals surface area contributed by atoms with Crippen LogP contribution in [-0.2, 0) is 14.3 Å². The van der Waals surface area contributed by atoms with Crippen molar-refractivity contribution in [3.63, 3.8) is 0 Å². The highest BCUT2D eigenvalue weighted by atomic mass is 16.5. The van der Waals surface area contributed by atoms with Gasteiger partial charge in [0, 0.05) is 6.42 Å². The zero-order valence-electron chi connectivity index (χ0n) is 11.9. The lowest BCUT2D eigenvalue weighted by Crippen LogP contribution is -2.52. The fourth-order valence-electron chi connectivity index (χ4n) is 2.28. The van der Waals surface area contributed by atoms with Gasteiger partial charge in [-0.2, -0.15) is 0 Å². The summed E-state index contributed by atoms with van der Waals surface area (Å²) in [6.45, 7) is 7.18. The van der Waals surface area contributed by atoms with Gasteiger partial charge in [0.15, 0.2) is 0 Å². The summed E-state index contributed by atoms with van der Waals surface area (Å²) in [5.74, 6) is -0.290. The number of carbonyl (C=O) groups excluding carboxylic acids is 1. The van der Waals surface area contributed by atoms with Crippen molar-refractivity contribution < 1.29 is 14.3 Å². The molecule has 5 nitrogen and oxygen atoms in total. The molecule has 1 aliphatic carbocycles. The fourth-order valence-corrected chi connectivity index (χ4v) is 2.28. The lowest BCUT2D eigenvalue weighted by molar-refractivity contribution is -0.124. The first-order valence-electron chi connectivity index (χ1n) is 6.53. The van der Waals surface area contributed by atoms with E-state index in [-0.39, 0.29) is 17.6 Å². The van der Waals surface area contributed by atoms with Gasteiger partial charge in [-0.05, 0) is 40.7 Å². The van der Waals surface area contributed by atoms with Gasteiger partial charge in [0.25, 0.3) is 0 Å². The summed E-state index contributed by atoms with van der Waals surface area (Å²) < 4.78 is 11.3. The molecule has 3 N–H and O–H groups in total. The number of primary amides is 1. The van der Waals surface area contributed by atoms with Gasteiger partial charge in [-0.15, -0.1) is 0 Å². The van der Waals surface area contributed by atoms with Crippen LogP contribution in [0.15, 0.2) is 0 Å². The van der Waals surface area contributed by atoms with Crippen LogP contribution >= 0.6 is 0 Å². The summed E-state index contributed by atoms with van der Waals surface area (Å²) in [4.78, 5) is 11.4. The molecule has 5 heteroatoms. The molecule has 0 radical (unpaired) electrons. The Morgan fingerprint density at radius 2 is 2.11 bits per heavy atom. The second-order valence-electron chi connectivity index (χ2n) is 5.89. The Hall–Kier alpha value is -0.650. The standard InChI is InChI=1S/C13H26N2O3/c1-12(2,3)18-8-7-17-10-5-6-13(9-10,15-4)11(14)16/h10,15H,5-9H2,1-4H3,(H2,14,16). The number of nitrogens with two attached hydrogens (primary N) is 1. The van der Waals surface area contributed by atoms with Crippen molar-refractivity contribution in [1.82, 2.24) is 5.32 Å². The predicted octanol–water partition coefficient (Wildman–Crippen LogP) is 0.814.